The Hall–Kier alpha value is -2.45. The van der Waals surface area contributed by atoms with E-state index < -0.39 is 0 Å². The van der Waals surface area contributed by atoms with Crippen LogP contribution in [-0.2, 0) is 0 Å². The Balaban J connectivity index is 1.75. The quantitative estimate of drug-likeness (QED) is 0.720. The van der Waals surface area contributed by atoms with Gasteiger partial charge < -0.3 is 25.5 Å². The van der Waals surface area contributed by atoms with Crippen molar-refractivity contribution in [3.63, 3.8) is 0 Å². The van der Waals surface area contributed by atoms with Crippen molar-refractivity contribution in [3.05, 3.63) is 30.7 Å². The SMILES string of the molecule is CNc1ccc(Nc2cc(N3C[C@H](O)C[C@@H]3CN(C)C)ncn2)cn1. The van der Waals surface area contributed by atoms with Crippen molar-refractivity contribution >= 4 is 23.1 Å². The highest BCUT2D eigenvalue weighted by Gasteiger charge is 2.32. The molecule has 1 aliphatic heterocycles. The van der Waals surface area contributed by atoms with E-state index in [4.69, 9.17) is 0 Å². The summed E-state index contributed by atoms with van der Waals surface area (Å²) in [6, 6.07) is 5.99. The van der Waals surface area contributed by atoms with Gasteiger partial charge >= 0.3 is 0 Å². The first-order valence-electron chi connectivity index (χ1n) is 8.37. The highest BCUT2D eigenvalue weighted by Crippen LogP contribution is 2.26. The van der Waals surface area contributed by atoms with Gasteiger partial charge in [-0.25, -0.2) is 15.0 Å². The smallest absolute Gasteiger partial charge is 0.135 e. The topological polar surface area (TPSA) is 89.4 Å². The Morgan fingerprint density at radius 2 is 2.08 bits per heavy atom. The van der Waals surface area contributed by atoms with Crippen molar-refractivity contribution in [2.45, 2.75) is 18.6 Å². The predicted octanol–water partition coefficient (Wildman–Crippen LogP) is 1.16. The molecule has 3 rings (SSSR count). The van der Waals surface area contributed by atoms with Crippen LogP contribution < -0.4 is 15.5 Å². The van der Waals surface area contributed by atoms with Crippen molar-refractivity contribution < 1.29 is 5.11 Å². The molecule has 2 aromatic heterocycles. The van der Waals surface area contributed by atoms with E-state index in [1.54, 1.807) is 12.5 Å². The standard InChI is InChI=1S/C17H25N7O/c1-18-15-5-4-12(8-19-15)22-16-7-17(21-11-20-16)24-10-14(25)6-13(24)9-23(2)3/h4-5,7-8,11,13-14,25H,6,9-10H2,1-3H3,(H,18,19)(H,20,21,22)/t13-,14-/m1/s1. The fourth-order valence-electron chi connectivity index (χ4n) is 3.10. The second-order valence-corrected chi connectivity index (χ2v) is 6.53. The number of anilines is 4. The highest BCUT2D eigenvalue weighted by atomic mass is 16.3. The van der Waals surface area contributed by atoms with Crippen molar-refractivity contribution in [3.8, 4) is 0 Å². The maximum Gasteiger partial charge on any atom is 0.135 e. The molecule has 3 heterocycles. The lowest BCUT2D eigenvalue weighted by Crippen LogP contribution is -2.38. The fourth-order valence-corrected chi connectivity index (χ4v) is 3.10. The molecule has 3 N–H and O–H groups in total. The van der Waals surface area contributed by atoms with E-state index in [-0.39, 0.29) is 12.1 Å². The van der Waals surface area contributed by atoms with E-state index in [0.29, 0.717) is 12.4 Å². The molecule has 2 atom stereocenters. The molecule has 1 saturated heterocycles. The van der Waals surface area contributed by atoms with Crippen LogP contribution in [0.5, 0.6) is 0 Å². The van der Waals surface area contributed by atoms with Crippen LogP contribution in [0.1, 0.15) is 6.42 Å². The van der Waals surface area contributed by atoms with Gasteiger partial charge in [-0.05, 0) is 32.6 Å². The first-order chi connectivity index (χ1) is 12.0. The van der Waals surface area contributed by atoms with Gasteiger partial charge in [0.15, 0.2) is 0 Å². The Labute approximate surface area is 147 Å². The van der Waals surface area contributed by atoms with Gasteiger partial charge in [-0.15, -0.1) is 0 Å². The molecule has 0 radical (unpaired) electrons. The maximum absolute atomic E-state index is 10.1. The lowest BCUT2D eigenvalue weighted by molar-refractivity contribution is 0.191. The molecule has 25 heavy (non-hydrogen) atoms. The minimum absolute atomic E-state index is 0.240. The monoisotopic (exact) mass is 343 g/mol. The van der Waals surface area contributed by atoms with Crippen LogP contribution >= 0.6 is 0 Å². The Morgan fingerprint density at radius 1 is 1.24 bits per heavy atom. The summed E-state index contributed by atoms with van der Waals surface area (Å²) >= 11 is 0. The summed E-state index contributed by atoms with van der Waals surface area (Å²) in [6.07, 6.45) is 3.72. The van der Waals surface area contributed by atoms with Gasteiger partial charge in [-0.1, -0.05) is 0 Å². The number of hydrogen-bond acceptors (Lipinski definition) is 8. The fraction of sp³-hybridized carbons (Fsp3) is 0.471. The van der Waals surface area contributed by atoms with Crippen LogP contribution in [0.25, 0.3) is 0 Å². The van der Waals surface area contributed by atoms with Gasteiger partial charge in [0.05, 0.1) is 18.0 Å². The van der Waals surface area contributed by atoms with E-state index >= 15 is 0 Å². The van der Waals surface area contributed by atoms with Crippen LogP contribution in [0.2, 0.25) is 0 Å². The predicted molar refractivity (Wildman–Crippen MR) is 99.4 cm³/mol. The third-order valence-electron chi connectivity index (χ3n) is 4.21. The van der Waals surface area contributed by atoms with Crippen LogP contribution in [0.4, 0.5) is 23.1 Å². The van der Waals surface area contributed by atoms with E-state index in [9.17, 15) is 5.11 Å². The average molecular weight is 343 g/mol. The second-order valence-electron chi connectivity index (χ2n) is 6.53. The van der Waals surface area contributed by atoms with Crippen molar-refractivity contribution in [2.75, 3.05) is 49.8 Å². The number of nitrogens with zero attached hydrogens (tertiary/aromatic N) is 5. The van der Waals surface area contributed by atoms with Crippen LogP contribution in [0.15, 0.2) is 30.7 Å². The Morgan fingerprint density at radius 3 is 2.76 bits per heavy atom. The largest absolute Gasteiger partial charge is 0.391 e. The molecule has 0 amide bonds. The van der Waals surface area contributed by atoms with E-state index in [1.807, 2.05) is 39.3 Å². The number of likely N-dealkylation sites (N-methyl/N-ethyl adjacent to an activating group) is 1. The number of hydrogen-bond donors (Lipinski definition) is 3. The van der Waals surface area contributed by atoms with Gasteiger partial charge in [0.2, 0.25) is 0 Å². The van der Waals surface area contributed by atoms with E-state index in [2.05, 4.69) is 35.4 Å². The summed E-state index contributed by atoms with van der Waals surface area (Å²) in [4.78, 5) is 17.3. The average Bonchev–Trinajstić information content (AvgIpc) is 2.95. The van der Waals surface area contributed by atoms with E-state index in [0.717, 1.165) is 30.3 Å². The zero-order chi connectivity index (χ0) is 17.8. The third kappa shape index (κ3) is 4.34. The summed E-state index contributed by atoms with van der Waals surface area (Å²) in [5, 5.41) is 16.3. The van der Waals surface area contributed by atoms with Crippen molar-refractivity contribution in [2.24, 2.45) is 0 Å². The molecule has 2 aromatic rings. The van der Waals surface area contributed by atoms with Gasteiger partial charge in [0, 0.05) is 32.2 Å². The number of β-amino-alcohol motifs (C(OH)–C–C–N with tert-alkyl or cyclic N) is 1. The zero-order valence-electron chi connectivity index (χ0n) is 14.8. The van der Waals surface area contributed by atoms with Gasteiger partial charge in [-0.2, -0.15) is 0 Å². The number of nitrogens with one attached hydrogen (secondary N) is 2. The highest BCUT2D eigenvalue weighted by molar-refractivity contribution is 5.60. The number of rotatable bonds is 6. The Kier molecular flexibility index (Phi) is 5.30. The minimum Gasteiger partial charge on any atom is -0.391 e. The summed E-state index contributed by atoms with van der Waals surface area (Å²) in [6.45, 7) is 1.46. The molecule has 134 valence electrons. The normalized spacial score (nSPS) is 20.1. The van der Waals surface area contributed by atoms with E-state index in [1.165, 1.54) is 0 Å². The first-order valence-corrected chi connectivity index (χ1v) is 8.37. The lowest BCUT2D eigenvalue weighted by atomic mass is 10.2. The molecule has 0 aliphatic carbocycles. The van der Waals surface area contributed by atoms with Gasteiger partial charge in [0.1, 0.15) is 23.8 Å². The third-order valence-corrected chi connectivity index (χ3v) is 4.21. The summed E-state index contributed by atoms with van der Waals surface area (Å²) in [5.41, 5.74) is 0.856. The lowest BCUT2D eigenvalue weighted by Gasteiger charge is -2.27. The Bertz CT molecular complexity index is 692. The minimum atomic E-state index is -0.324. The summed E-state index contributed by atoms with van der Waals surface area (Å²) in [5.74, 6) is 2.33. The zero-order valence-corrected chi connectivity index (χ0v) is 14.8. The molecule has 1 fully saturated rings. The molecule has 0 bridgehead atoms. The second kappa shape index (κ2) is 7.62. The van der Waals surface area contributed by atoms with Crippen LogP contribution in [0.3, 0.4) is 0 Å². The molecule has 0 aromatic carbocycles. The van der Waals surface area contributed by atoms with Crippen LogP contribution in [0, 0.1) is 0 Å². The van der Waals surface area contributed by atoms with Crippen LogP contribution in [-0.4, -0.2) is 71.3 Å². The maximum atomic E-state index is 10.1. The van der Waals surface area contributed by atoms with Crippen molar-refractivity contribution in [1.29, 1.82) is 0 Å². The molecule has 8 nitrogen and oxygen atoms in total. The molecule has 1 aliphatic rings. The number of aromatic nitrogens is 3. The van der Waals surface area contributed by atoms with Crippen molar-refractivity contribution in [1.82, 2.24) is 19.9 Å². The molecular formula is C17H25N7O. The number of aliphatic hydroxyl groups is 1. The number of aliphatic hydroxyl groups excluding tert-OH is 1. The molecule has 8 heteroatoms. The summed E-state index contributed by atoms with van der Waals surface area (Å²) < 4.78 is 0. The van der Waals surface area contributed by atoms with Gasteiger partial charge in [-0.3, -0.25) is 0 Å². The molecule has 0 spiro atoms. The first kappa shape index (κ1) is 17.4. The molecule has 0 unspecified atom stereocenters. The molecular weight excluding hydrogens is 318 g/mol. The molecule has 0 saturated carbocycles. The number of pyridine rings is 1. The van der Waals surface area contributed by atoms with Gasteiger partial charge in [0.25, 0.3) is 0 Å². The summed E-state index contributed by atoms with van der Waals surface area (Å²) in [7, 11) is 5.91.